The molecule has 2 N–H and O–H groups in total. The molecule has 20 heavy (non-hydrogen) atoms. The average Bonchev–Trinajstić information content (AvgIpc) is 2.68. The Morgan fingerprint density at radius 3 is 2.65 bits per heavy atom. The Bertz CT molecular complexity index is 523. The van der Waals surface area contributed by atoms with Crippen molar-refractivity contribution in [2.24, 2.45) is 0 Å². The van der Waals surface area contributed by atoms with E-state index in [0.29, 0.717) is 18.1 Å². The molecule has 1 atom stereocenters. The van der Waals surface area contributed by atoms with Gasteiger partial charge in [0.05, 0.1) is 5.69 Å². The van der Waals surface area contributed by atoms with Gasteiger partial charge >= 0.3 is 12.0 Å². The summed E-state index contributed by atoms with van der Waals surface area (Å²) in [6.45, 7) is 5.87. The van der Waals surface area contributed by atoms with Gasteiger partial charge in [-0.25, -0.2) is 14.6 Å². The lowest BCUT2D eigenvalue weighted by molar-refractivity contribution is -0.150. The molecule has 0 spiro atoms. The first-order valence-electron chi connectivity index (χ1n) is 6.60. The number of amides is 2. The number of nitrogens with zero attached hydrogens (tertiary/aromatic N) is 2. The van der Waals surface area contributed by atoms with Crippen LogP contribution in [0.25, 0.3) is 0 Å². The van der Waals surface area contributed by atoms with E-state index in [-0.39, 0.29) is 6.03 Å². The number of carbonyl (C=O) groups is 2. The summed E-state index contributed by atoms with van der Waals surface area (Å²) in [5.74, 6) is -0.959. The molecule has 1 aliphatic rings. The standard InChI is InChI=1S/C13H19N3O3S/c1-8-9(2)20-11(14-8)15-12(19)16-7-5-4-6-13(16,3)10(17)18/h4-7H2,1-3H3,(H,17,18)(H,14,15,19). The van der Waals surface area contributed by atoms with Gasteiger partial charge in [-0.3, -0.25) is 5.32 Å². The second-order valence-corrected chi connectivity index (χ2v) is 6.48. The van der Waals surface area contributed by atoms with Crippen LogP contribution in [0.4, 0.5) is 9.93 Å². The minimum atomic E-state index is -1.14. The van der Waals surface area contributed by atoms with Gasteiger partial charge in [0.25, 0.3) is 0 Å². The van der Waals surface area contributed by atoms with Crippen molar-refractivity contribution in [3.8, 4) is 0 Å². The lowest BCUT2D eigenvalue weighted by atomic mass is 9.89. The highest BCUT2D eigenvalue weighted by molar-refractivity contribution is 7.15. The van der Waals surface area contributed by atoms with Crippen LogP contribution in [-0.4, -0.2) is 39.1 Å². The third-order valence-corrected chi connectivity index (χ3v) is 4.83. The van der Waals surface area contributed by atoms with E-state index in [9.17, 15) is 14.7 Å². The lowest BCUT2D eigenvalue weighted by Crippen LogP contribution is -2.58. The minimum Gasteiger partial charge on any atom is -0.480 e. The molecule has 1 saturated heterocycles. The normalized spacial score (nSPS) is 22.6. The molecule has 0 saturated carbocycles. The van der Waals surface area contributed by atoms with E-state index in [2.05, 4.69) is 10.3 Å². The fourth-order valence-electron chi connectivity index (χ4n) is 2.35. The number of aryl methyl sites for hydroxylation is 2. The molecule has 1 aromatic heterocycles. The highest BCUT2D eigenvalue weighted by Gasteiger charge is 2.44. The van der Waals surface area contributed by atoms with Crippen LogP contribution in [0.1, 0.15) is 36.8 Å². The van der Waals surface area contributed by atoms with Crippen molar-refractivity contribution >= 4 is 28.5 Å². The number of rotatable bonds is 2. The SMILES string of the molecule is Cc1nc(NC(=O)N2CCCCC2(C)C(=O)O)sc1C. The van der Waals surface area contributed by atoms with E-state index in [1.807, 2.05) is 13.8 Å². The van der Waals surface area contributed by atoms with Crippen LogP contribution in [0, 0.1) is 13.8 Å². The topological polar surface area (TPSA) is 82.5 Å². The molecular formula is C13H19N3O3S. The number of carboxylic acid groups (broad SMARTS) is 1. The summed E-state index contributed by atoms with van der Waals surface area (Å²) in [5.41, 5.74) is -0.256. The molecule has 0 aromatic carbocycles. The van der Waals surface area contributed by atoms with Gasteiger partial charge in [-0.1, -0.05) is 0 Å². The van der Waals surface area contributed by atoms with Crippen molar-refractivity contribution in [3.63, 3.8) is 0 Å². The number of hydrogen-bond donors (Lipinski definition) is 2. The van der Waals surface area contributed by atoms with Gasteiger partial charge < -0.3 is 10.0 Å². The number of aliphatic carboxylic acids is 1. The predicted molar refractivity (Wildman–Crippen MR) is 77.2 cm³/mol. The third-order valence-electron chi connectivity index (χ3n) is 3.84. The van der Waals surface area contributed by atoms with Gasteiger partial charge in [0.15, 0.2) is 5.13 Å². The summed E-state index contributed by atoms with van der Waals surface area (Å²) in [6.07, 6.45) is 2.12. The number of hydrogen-bond acceptors (Lipinski definition) is 4. The minimum absolute atomic E-state index is 0.386. The Hall–Kier alpha value is -1.63. The third kappa shape index (κ3) is 2.63. The van der Waals surface area contributed by atoms with Crippen LogP contribution in [0.5, 0.6) is 0 Å². The molecule has 0 bridgehead atoms. The van der Waals surface area contributed by atoms with Crippen LogP contribution >= 0.6 is 11.3 Å². The molecule has 110 valence electrons. The summed E-state index contributed by atoms with van der Waals surface area (Å²) in [6, 6.07) is -0.386. The van der Waals surface area contributed by atoms with E-state index in [1.165, 1.54) is 16.2 Å². The van der Waals surface area contributed by atoms with Crippen molar-refractivity contribution < 1.29 is 14.7 Å². The molecule has 1 fully saturated rings. The summed E-state index contributed by atoms with van der Waals surface area (Å²) < 4.78 is 0. The first-order chi connectivity index (χ1) is 9.34. The van der Waals surface area contributed by atoms with Gasteiger partial charge in [-0.05, 0) is 40.0 Å². The van der Waals surface area contributed by atoms with Gasteiger partial charge in [0, 0.05) is 11.4 Å². The fourth-order valence-corrected chi connectivity index (χ4v) is 3.16. The number of aromatic nitrogens is 1. The smallest absolute Gasteiger partial charge is 0.329 e. The Balaban J connectivity index is 2.16. The second-order valence-electron chi connectivity index (χ2n) is 5.28. The Labute approximate surface area is 121 Å². The van der Waals surface area contributed by atoms with E-state index < -0.39 is 11.5 Å². The van der Waals surface area contributed by atoms with Gasteiger partial charge in [0.1, 0.15) is 5.54 Å². The molecule has 0 radical (unpaired) electrons. The molecule has 7 heteroatoms. The van der Waals surface area contributed by atoms with Crippen LogP contribution in [0.15, 0.2) is 0 Å². The molecule has 1 unspecified atom stereocenters. The zero-order valence-electron chi connectivity index (χ0n) is 11.9. The van der Waals surface area contributed by atoms with Crippen LogP contribution < -0.4 is 5.32 Å². The second kappa shape index (κ2) is 5.40. The Morgan fingerprint density at radius 2 is 2.10 bits per heavy atom. The van der Waals surface area contributed by atoms with E-state index in [4.69, 9.17) is 0 Å². The molecule has 0 aliphatic carbocycles. The first kappa shape index (κ1) is 14.8. The molecule has 1 aliphatic heterocycles. The van der Waals surface area contributed by atoms with Crippen LogP contribution in [0.3, 0.4) is 0 Å². The number of thiazole rings is 1. The summed E-state index contributed by atoms with van der Waals surface area (Å²) in [4.78, 5) is 30.5. The predicted octanol–water partition coefficient (Wildman–Crippen LogP) is 2.62. The average molecular weight is 297 g/mol. The maximum atomic E-state index is 12.3. The first-order valence-corrected chi connectivity index (χ1v) is 7.42. The molecule has 2 heterocycles. The summed E-state index contributed by atoms with van der Waals surface area (Å²) >= 11 is 1.40. The Morgan fingerprint density at radius 1 is 1.40 bits per heavy atom. The van der Waals surface area contributed by atoms with Gasteiger partial charge in [-0.2, -0.15) is 0 Å². The van der Waals surface area contributed by atoms with Crippen LogP contribution in [0.2, 0.25) is 0 Å². The number of likely N-dealkylation sites (tertiary alicyclic amines) is 1. The lowest BCUT2D eigenvalue weighted by Gasteiger charge is -2.41. The van der Waals surface area contributed by atoms with Crippen molar-refractivity contribution in [1.29, 1.82) is 0 Å². The maximum absolute atomic E-state index is 12.3. The summed E-state index contributed by atoms with van der Waals surface area (Å²) in [7, 11) is 0. The molecule has 1 aromatic rings. The molecule has 6 nitrogen and oxygen atoms in total. The van der Waals surface area contributed by atoms with E-state index in [1.54, 1.807) is 6.92 Å². The van der Waals surface area contributed by atoms with Crippen molar-refractivity contribution in [1.82, 2.24) is 9.88 Å². The summed E-state index contributed by atoms with van der Waals surface area (Å²) in [5, 5.41) is 12.6. The highest BCUT2D eigenvalue weighted by atomic mass is 32.1. The number of urea groups is 1. The largest absolute Gasteiger partial charge is 0.480 e. The molecule has 2 rings (SSSR count). The number of carbonyl (C=O) groups excluding carboxylic acids is 1. The quantitative estimate of drug-likeness (QED) is 0.879. The van der Waals surface area contributed by atoms with E-state index in [0.717, 1.165) is 23.4 Å². The highest BCUT2D eigenvalue weighted by Crippen LogP contribution is 2.29. The van der Waals surface area contributed by atoms with E-state index >= 15 is 0 Å². The Kier molecular flexibility index (Phi) is 3.99. The number of carboxylic acids is 1. The molecule has 2 amide bonds. The zero-order valence-corrected chi connectivity index (χ0v) is 12.7. The monoisotopic (exact) mass is 297 g/mol. The van der Waals surface area contributed by atoms with Gasteiger partial charge in [0.2, 0.25) is 0 Å². The van der Waals surface area contributed by atoms with Crippen LogP contribution in [-0.2, 0) is 4.79 Å². The maximum Gasteiger partial charge on any atom is 0.329 e. The van der Waals surface area contributed by atoms with Crippen molar-refractivity contribution in [2.75, 3.05) is 11.9 Å². The number of anilines is 1. The fraction of sp³-hybridized carbons (Fsp3) is 0.615. The van der Waals surface area contributed by atoms with Gasteiger partial charge in [-0.15, -0.1) is 11.3 Å². The zero-order chi connectivity index (χ0) is 14.9. The molecular weight excluding hydrogens is 278 g/mol. The van der Waals surface area contributed by atoms with Crippen molar-refractivity contribution in [3.05, 3.63) is 10.6 Å². The van der Waals surface area contributed by atoms with Crippen molar-refractivity contribution in [2.45, 2.75) is 45.6 Å². The number of nitrogens with one attached hydrogen (secondary N) is 1. The number of piperidine rings is 1.